The topological polar surface area (TPSA) is 104 Å². The summed E-state index contributed by atoms with van der Waals surface area (Å²) in [6.07, 6.45) is 4.25. The van der Waals surface area contributed by atoms with Gasteiger partial charge >= 0.3 is 12.3 Å². The van der Waals surface area contributed by atoms with Gasteiger partial charge in [-0.2, -0.15) is 29.4 Å². The molecule has 0 bridgehead atoms. The summed E-state index contributed by atoms with van der Waals surface area (Å²) < 4.78 is 4.03. The van der Waals surface area contributed by atoms with Gasteiger partial charge in [-0.05, 0) is 43.5 Å². The van der Waals surface area contributed by atoms with E-state index in [9.17, 15) is 0 Å². The third kappa shape index (κ3) is 9.98. The third-order valence-corrected chi connectivity index (χ3v) is 4.63. The fourth-order valence-electron chi connectivity index (χ4n) is 2.78. The van der Waals surface area contributed by atoms with Gasteiger partial charge in [0.1, 0.15) is 0 Å². The van der Waals surface area contributed by atoms with Crippen LogP contribution in [0.3, 0.4) is 0 Å². The Morgan fingerprint density at radius 2 is 1.12 bits per heavy atom. The third-order valence-electron chi connectivity index (χ3n) is 4.63. The van der Waals surface area contributed by atoms with E-state index >= 15 is 0 Å². The van der Waals surface area contributed by atoms with Crippen LogP contribution in [0.25, 0.3) is 0 Å². The molecule has 0 fully saturated rings. The van der Waals surface area contributed by atoms with Crippen LogP contribution in [0.1, 0.15) is 28.1 Å². The van der Waals surface area contributed by atoms with Crippen LogP contribution in [-0.2, 0) is 32.3 Å². The SMILES string of the molecule is Cc1ccnn1Cc1ccccc1.Cc1cnn(Cc2ccccc2)c1C.O=C=O.O=C=O. The van der Waals surface area contributed by atoms with E-state index in [1.807, 2.05) is 52.1 Å². The number of aryl methyl sites for hydroxylation is 2. The molecule has 8 heteroatoms. The maximum absolute atomic E-state index is 8.12. The molecule has 0 spiro atoms. The van der Waals surface area contributed by atoms with Gasteiger partial charge in [-0.25, -0.2) is 0 Å². The van der Waals surface area contributed by atoms with E-state index < -0.39 is 0 Å². The van der Waals surface area contributed by atoms with Gasteiger partial charge in [-0.15, -0.1) is 0 Å². The molecule has 2 aromatic carbocycles. The smallest absolute Gasteiger partial charge is 0.265 e. The van der Waals surface area contributed by atoms with Crippen molar-refractivity contribution in [2.45, 2.75) is 33.9 Å². The van der Waals surface area contributed by atoms with Crippen LogP contribution in [0.15, 0.2) is 79.1 Å². The minimum absolute atomic E-state index is 0.250. The molecular formula is C25H26N4O4. The number of hydrogen-bond donors (Lipinski definition) is 0. The Morgan fingerprint density at radius 3 is 1.48 bits per heavy atom. The predicted molar refractivity (Wildman–Crippen MR) is 120 cm³/mol. The average Bonchev–Trinajstić information content (AvgIpc) is 3.36. The van der Waals surface area contributed by atoms with Crippen molar-refractivity contribution in [3.05, 3.63) is 107 Å². The zero-order valence-corrected chi connectivity index (χ0v) is 18.8. The second-order valence-electron chi connectivity index (χ2n) is 6.84. The Morgan fingerprint density at radius 1 is 0.667 bits per heavy atom. The summed E-state index contributed by atoms with van der Waals surface area (Å²) in [5.41, 5.74) is 6.27. The van der Waals surface area contributed by atoms with Gasteiger partial charge in [0.2, 0.25) is 0 Å². The first kappa shape index (κ1) is 26.7. The van der Waals surface area contributed by atoms with Crippen LogP contribution in [0.4, 0.5) is 0 Å². The maximum atomic E-state index is 8.12. The normalized spacial score (nSPS) is 8.94. The zero-order valence-electron chi connectivity index (χ0n) is 18.8. The van der Waals surface area contributed by atoms with E-state index in [0.29, 0.717) is 0 Å². The lowest BCUT2D eigenvalue weighted by molar-refractivity contribution is -0.193. The number of benzene rings is 2. The summed E-state index contributed by atoms with van der Waals surface area (Å²) in [5.74, 6) is 0. The molecule has 33 heavy (non-hydrogen) atoms. The first-order chi connectivity index (χ1) is 16.0. The van der Waals surface area contributed by atoms with Gasteiger partial charge in [0.05, 0.1) is 19.3 Å². The molecule has 0 aliphatic rings. The lowest BCUT2D eigenvalue weighted by Gasteiger charge is -2.04. The fraction of sp³-hybridized carbons (Fsp3) is 0.200. The number of nitrogens with zero attached hydrogens (tertiary/aromatic N) is 4. The largest absolute Gasteiger partial charge is 0.373 e. The first-order valence-corrected chi connectivity index (χ1v) is 10.0. The average molecular weight is 447 g/mol. The highest BCUT2D eigenvalue weighted by atomic mass is 16.2. The molecule has 0 saturated heterocycles. The van der Waals surface area contributed by atoms with Crippen LogP contribution >= 0.6 is 0 Å². The van der Waals surface area contributed by atoms with Crippen molar-refractivity contribution in [1.29, 1.82) is 0 Å². The van der Waals surface area contributed by atoms with Crippen LogP contribution in [0.5, 0.6) is 0 Å². The molecule has 0 amide bonds. The van der Waals surface area contributed by atoms with Crippen molar-refractivity contribution >= 4 is 12.3 Å². The summed E-state index contributed by atoms with van der Waals surface area (Å²) in [6.45, 7) is 7.98. The molecule has 4 aromatic rings. The van der Waals surface area contributed by atoms with Gasteiger partial charge in [-0.3, -0.25) is 9.36 Å². The van der Waals surface area contributed by atoms with Crippen LogP contribution < -0.4 is 0 Å². The highest BCUT2D eigenvalue weighted by Gasteiger charge is 2.02. The molecule has 0 aliphatic carbocycles. The Kier molecular flexibility index (Phi) is 12.5. The predicted octanol–water partition coefficient (Wildman–Crippen LogP) is 3.62. The summed E-state index contributed by atoms with van der Waals surface area (Å²) in [4.78, 5) is 32.5. The molecule has 4 rings (SSSR count). The Bertz CT molecular complexity index is 1130. The van der Waals surface area contributed by atoms with Gasteiger partial charge in [-0.1, -0.05) is 60.7 Å². The van der Waals surface area contributed by atoms with Gasteiger partial charge in [0.15, 0.2) is 0 Å². The maximum Gasteiger partial charge on any atom is 0.373 e. The number of carbonyl (C=O) groups excluding carboxylic acids is 4. The van der Waals surface area contributed by atoms with Gasteiger partial charge in [0, 0.05) is 17.6 Å². The molecule has 2 aromatic heterocycles. The van der Waals surface area contributed by atoms with Crippen LogP contribution in [0.2, 0.25) is 0 Å². The molecule has 0 aliphatic heterocycles. The number of rotatable bonds is 4. The number of aromatic nitrogens is 4. The molecule has 2 heterocycles. The van der Waals surface area contributed by atoms with Crippen LogP contribution in [-0.4, -0.2) is 31.9 Å². The Hall–Kier alpha value is -4.38. The fourth-order valence-corrected chi connectivity index (χ4v) is 2.78. The second kappa shape index (κ2) is 15.4. The van der Waals surface area contributed by atoms with E-state index in [1.165, 1.54) is 28.1 Å². The lowest BCUT2D eigenvalue weighted by Crippen LogP contribution is -2.03. The molecule has 8 nitrogen and oxygen atoms in total. The molecule has 170 valence electrons. The van der Waals surface area contributed by atoms with E-state index in [2.05, 4.69) is 67.4 Å². The zero-order chi connectivity index (χ0) is 24.5. The van der Waals surface area contributed by atoms with Crippen molar-refractivity contribution in [3.63, 3.8) is 0 Å². The lowest BCUT2D eigenvalue weighted by atomic mass is 10.2. The quantitative estimate of drug-likeness (QED) is 0.474. The molecule has 0 saturated carbocycles. The van der Waals surface area contributed by atoms with Crippen molar-refractivity contribution < 1.29 is 19.2 Å². The molecule has 0 unspecified atom stereocenters. The standard InChI is InChI=1S/C12H14N2.C11H12N2.2CO2/c1-10-8-13-14(11(10)2)9-12-6-4-3-5-7-12;1-10-7-8-12-13(10)9-11-5-3-2-4-6-11;2*2-1-3/h3-8H,9H2,1-2H3;2-8H,9H2,1H3;;. The second-order valence-corrected chi connectivity index (χ2v) is 6.84. The van der Waals surface area contributed by atoms with Crippen molar-refractivity contribution in [2.75, 3.05) is 0 Å². The highest BCUT2D eigenvalue weighted by Crippen LogP contribution is 2.08. The molecule has 0 N–H and O–H groups in total. The summed E-state index contributed by atoms with van der Waals surface area (Å²) in [6, 6.07) is 22.8. The molecule has 0 atom stereocenters. The van der Waals surface area contributed by atoms with E-state index in [0.717, 1.165) is 13.1 Å². The van der Waals surface area contributed by atoms with Gasteiger partial charge < -0.3 is 0 Å². The number of hydrogen-bond acceptors (Lipinski definition) is 6. The Balaban J connectivity index is 0.000000268. The van der Waals surface area contributed by atoms with Crippen molar-refractivity contribution in [1.82, 2.24) is 19.6 Å². The summed E-state index contributed by atoms with van der Waals surface area (Å²) in [5, 5.41) is 8.55. The summed E-state index contributed by atoms with van der Waals surface area (Å²) in [7, 11) is 0. The highest BCUT2D eigenvalue weighted by molar-refractivity contribution is 5.20. The van der Waals surface area contributed by atoms with Gasteiger partial charge in [0.25, 0.3) is 0 Å². The molecular weight excluding hydrogens is 420 g/mol. The van der Waals surface area contributed by atoms with Crippen molar-refractivity contribution in [2.24, 2.45) is 0 Å². The van der Waals surface area contributed by atoms with E-state index in [1.54, 1.807) is 0 Å². The minimum atomic E-state index is 0.250. The first-order valence-electron chi connectivity index (χ1n) is 10.0. The minimum Gasteiger partial charge on any atom is -0.265 e. The van der Waals surface area contributed by atoms with E-state index in [4.69, 9.17) is 19.2 Å². The molecule has 0 radical (unpaired) electrons. The Labute approximate surface area is 192 Å². The van der Waals surface area contributed by atoms with Crippen molar-refractivity contribution in [3.8, 4) is 0 Å². The van der Waals surface area contributed by atoms with E-state index in [-0.39, 0.29) is 12.3 Å². The monoisotopic (exact) mass is 446 g/mol. The van der Waals surface area contributed by atoms with Crippen LogP contribution in [0, 0.1) is 20.8 Å². The summed E-state index contributed by atoms with van der Waals surface area (Å²) >= 11 is 0.